The van der Waals surface area contributed by atoms with E-state index in [0.717, 1.165) is 34.2 Å². The molecule has 0 atom stereocenters. The molecule has 0 radical (unpaired) electrons. The molecule has 2 heteroatoms. The summed E-state index contributed by atoms with van der Waals surface area (Å²) in [7, 11) is 0. The largest absolute Gasteiger partial charge is 0.508 e. The lowest BCUT2D eigenvalue weighted by atomic mass is 9.92. The van der Waals surface area contributed by atoms with Crippen LogP contribution in [0.4, 0.5) is 0 Å². The van der Waals surface area contributed by atoms with Gasteiger partial charge in [-0.25, -0.2) is 0 Å². The zero-order valence-electron chi connectivity index (χ0n) is 14.4. The third-order valence-electron chi connectivity index (χ3n) is 4.98. The maximum Gasteiger partial charge on any atom is 0.116 e. The molecule has 25 heavy (non-hydrogen) atoms. The van der Waals surface area contributed by atoms with Gasteiger partial charge in [-0.2, -0.15) is 0 Å². The minimum absolute atomic E-state index is 0.285. The van der Waals surface area contributed by atoms with E-state index in [1.54, 1.807) is 12.1 Å². The van der Waals surface area contributed by atoms with Crippen LogP contribution in [0.3, 0.4) is 0 Å². The van der Waals surface area contributed by atoms with Gasteiger partial charge in [-0.05, 0) is 89.1 Å². The summed E-state index contributed by atoms with van der Waals surface area (Å²) in [5.41, 5.74) is 9.23. The van der Waals surface area contributed by atoms with Gasteiger partial charge in [0, 0.05) is 0 Å². The predicted molar refractivity (Wildman–Crippen MR) is 102 cm³/mol. The van der Waals surface area contributed by atoms with Gasteiger partial charge in [0.2, 0.25) is 0 Å². The van der Waals surface area contributed by atoms with E-state index in [-0.39, 0.29) is 5.75 Å². The number of phenolic OH excluding ortho intramolecular Hbond substituents is 2. The Labute approximate surface area is 147 Å². The molecule has 2 N–H and O–H groups in total. The van der Waals surface area contributed by atoms with Crippen LogP contribution in [0.5, 0.6) is 11.5 Å². The summed E-state index contributed by atoms with van der Waals surface area (Å²) in [6.07, 6.45) is 0.831. The summed E-state index contributed by atoms with van der Waals surface area (Å²) in [4.78, 5) is 0. The van der Waals surface area contributed by atoms with E-state index >= 15 is 0 Å². The van der Waals surface area contributed by atoms with E-state index in [1.165, 1.54) is 16.7 Å². The first-order chi connectivity index (χ1) is 12.0. The molecule has 1 aliphatic rings. The molecule has 0 amide bonds. The standard InChI is InChI=1S/C23H20O2/c1-14-10-17(24)8-9-19(14)22-13-20-15(2)11-18(25)12-21(20)23(22)16-6-4-3-5-7-16/h3-12,24-25H,13H2,1-2H3. The van der Waals surface area contributed by atoms with Crippen LogP contribution in [0, 0.1) is 13.8 Å². The van der Waals surface area contributed by atoms with E-state index in [4.69, 9.17) is 0 Å². The van der Waals surface area contributed by atoms with Crippen molar-refractivity contribution in [3.8, 4) is 11.5 Å². The molecular weight excluding hydrogens is 308 g/mol. The lowest BCUT2D eigenvalue weighted by Crippen LogP contribution is -1.92. The predicted octanol–water partition coefficient (Wildman–Crippen LogP) is 5.23. The van der Waals surface area contributed by atoms with Crippen LogP contribution in [-0.2, 0) is 6.42 Å². The maximum atomic E-state index is 10.1. The molecule has 0 bridgehead atoms. The number of fused-ring (bicyclic) bond motifs is 1. The summed E-state index contributed by atoms with van der Waals surface area (Å²) in [6, 6.07) is 19.5. The number of hydrogen-bond donors (Lipinski definition) is 2. The molecule has 3 aromatic carbocycles. The Balaban J connectivity index is 2.02. The average Bonchev–Trinajstić information content (AvgIpc) is 2.95. The van der Waals surface area contributed by atoms with Crippen LogP contribution >= 0.6 is 0 Å². The second kappa shape index (κ2) is 5.82. The Morgan fingerprint density at radius 2 is 1.44 bits per heavy atom. The van der Waals surface area contributed by atoms with Crippen molar-refractivity contribution in [3.05, 3.63) is 94.0 Å². The molecule has 0 unspecified atom stereocenters. The van der Waals surface area contributed by atoms with Gasteiger partial charge in [0.1, 0.15) is 11.5 Å². The van der Waals surface area contributed by atoms with Crippen molar-refractivity contribution in [1.29, 1.82) is 0 Å². The fourth-order valence-corrected chi connectivity index (χ4v) is 3.83. The van der Waals surface area contributed by atoms with Crippen molar-refractivity contribution in [2.24, 2.45) is 0 Å². The highest BCUT2D eigenvalue weighted by Gasteiger charge is 2.26. The number of rotatable bonds is 2. The second-order valence-corrected chi connectivity index (χ2v) is 6.68. The molecule has 4 rings (SSSR count). The fraction of sp³-hybridized carbons (Fsp3) is 0.130. The Kier molecular flexibility index (Phi) is 3.61. The smallest absolute Gasteiger partial charge is 0.116 e. The molecule has 1 aliphatic carbocycles. The van der Waals surface area contributed by atoms with Gasteiger partial charge >= 0.3 is 0 Å². The molecule has 2 nitrogen and oxygen atoms in total. The first-order valence-corrected chi connectivity index (χ1v) is 8.46. The molecule has 0 saturated heterocycles. The van der Waals surface area contributed by atoms with E-state index in [1.807, 2.05) is 50.2 Å². The minimum Gasteiger partial charge on any atom is -0.508 e. The highest BCUT2D eigenvalue weighted by Crippen LogP contribution is 2.45. The van der Waals surface area contributed by atoms with Crippen molar-refractivity contribution in [3.63, 3.8) is 0 Å². The number of aryl methyl sites for hydroxylation is 2. The molecule has 0 saturated carbocycles. The number of benzene rings is 3. The summed E-state index contributed by atoms with van der Waals surface area (Å²) >= 11 is 0. The van der Waals surface area contributed by atoms with Gasteiger partial charge in [-0.3, -0.25) is 0 Å². The van der Waals surface area contributed by atoms with E-state index in [9.17, 15) is 10.2 Å². The molecule has 0 aliphatic heterocycles. The fourth-order valence-electron chi connectivity index (χ4n) is 3.83. The van der Waals surface area contributed by atoms with Crippen molar-refractivity contribution < 1.29 is 10.2 Å². The zero-order chi connectivity index (χ0) is 17.6. The first-order valence-electron chi connectivity index (χ1n) is 8.46. The summed E-state index contributed by atoms with van der Waals surface area (Å²) in [6.45, 7) is 4.08. The Morgan fingerprint density at radius 1 is 0.720 bits per heavy atom. The lowest BCUT2D eigenvalue weighted by molar-refractivity contribution is 0.474. The van der Waals surface area contributed by atoms with Gasteiger partial charge in [-0.15, -0.1) is 0 Å². The van der Waals surface area contributed by atoms with Gasteiger partial charge in [0.25, 0.3) is 0 Å². The second-order valence-electron chi connectivity index (χ2n) is 6.68. The van der Waals surface area contributed by atoms with Crippen molar-refractivity contribution >= 4 is 11.1 Å². The van der Waals surface area contributed by atoms with Crippen LogP contribution < -0.4 is 0 Å². The number of phenols is 2. The average molecular weight is 328 g/mol. The third-order valence-corrected chi connectivity index (χ3v) is 4.98. The molecule has 124 valence electrons. The van der Waals surface area contributed by atoms with Crippen LogP contribution in [0.15, 0.2) is 60.7 Å². The molecule has 0 aromatic heterocycles. The Bertz CT molecular complexity index is 998. The third kappa shape index (κ3) is 2.60. The molecule has 0 heterocycles. The molecule has 0 fully saturated rings. The SMILES string of the molecule is Cc1cc(O)ccc1C1=C(c2ccccc2)c2cc(O)cc(C)c2C1. The van der Waals surface area contributed by atoms with E-state index in [2.05, 4.69) is 12.1 Å². The molecule has 3 aromatic rings. The summed E-state index contributed by atoms with van der Waals surface area (Å²) < 4.78 is 0. The number of hydrogen-bond acceptors (Lipinski definition) is 2. The Hall–Kier alpha value is -3.00. The Morgan fingerprint density at radius 3 is 2.16 bits per heavy atom. The lowest BCUT2D eigenvalue weighted by Gasteiger charge is -2.12. The zero-order valence-corrected chi connectivity index (χ0v) is 14.4. The van der Waals surface area contributed by atoms with Crippen molar-refractivity contribution in [1.82, 2.24) is 0 Å². The van der Waals surface area contributed by atoms with Gasteiger partial charge in [-0.1, -0.05) is 36.4 Å². The van der Waals surface area contributed by atoms with E-state index < -0.39 is 0 Å². The summed E-state index contributed by atoms with van der Waals surface area (Å²) in [5.74, 6) is 0.584. The van der Waals surface area contributed by atoms with Gasteiger partial charge in [0.15, 0.2) is 0 Å². The van der Waals surface area contributed by atoms with E-state index in [0.29, 0.717) is 5.75 Å². The van der Waals surface area contributed by atoms with Crippen molar-refractivity contribution in [2.75, 3.05) is 0 Å². The van der Waals surface area contributed by atoms with Crippen LogP contribution in [-0.4, -0.2) is 10.2 Å². The topological polar surface area (TPSA) is 40.5 Å². The van der Waals surface area contributed by atoms with Gasteiger partial charge in [0.05, 0.1) is 0 Å². The maximum absolute atomic E-state index is 10.1. The normalized spacial score (nSPS) is 13.2. The highest BCUT2D eigenvalue weighted by atomic mass is 16.3. The minimum atomic E-state index is 0.285. The highest BCUT2D eigenvalue weighted by molar-refractivity contribution is 6.04. The molecule has 0 spiro atoms. The van der Waals surface area contributed by atoms with Crippen LogP contribution in [0.25, 0.3) is 11.1 Å². The number of allylic oxidation sites excluding steroid dienone is 1. The van der Waals surface area contributed by atoms with Crippen molar-refractivity contribution in [2.45, 2.75) is 20.3 Å². The quantitative estimate of drug-likeness (QED) is 0.676. The van der Waals surface area contributed by atoms with Crippen LogP contribution in [0.1, 0.15) is 33.4 Å². The number of aromatic hydroxyl groups is 2. The summed E-state index contributed by atoms with van der Waals surface area (Å²) in [5, 5.41) is 19.9. The molecular formula is C23H20O2. The van der Waals surface area contributed by atoms with Crippen LogP contribution in [0.2, 0.25) is 0 Å². The monoisotopic (exact) mass is 328 g/mol. The van der Waals surface area contributed by atoms with Gasteiger partial charge < -0.3 is 10.2 Å². The first kappa shape index (κ1) is 15.5.